The zero-order valence-corrected chi connectivity index (χ0v) is 15.8. The second-order valence-electron chi connectivity index (χ2n) is 7.32. The number of nitrogens with one attached hydrogen (secondary N) is 1. The number of rotatable bonds is 4. The smallest absolute Gasteiger partial charge is 0.160 e. The van der Waals surface area contributed by atoms with Gasteiger partial charge >= 0.3 is 0 Å². The summed E-state index contributed by atoms with van der Waals surface area (Å²) in [5, 5.41) is 12.8. The molecule has 7 heteroatoms. The van der Waals surface area contributed by atoms with Gasteiger partial charge in [-0.3, -0.25) is 9.36 Å². The number of anilines is 2. The lowest BCUT2D eigenvalue weighted by Gasteiger charge is -2.11. The molecule has 25 heavy (non-hydrogen) atoms. The van der Waals surface area contributed by atoms with Crippen molar-refractivity contribution in [2.24, 2.45) is 7.05 Å². The van der Waals surface area contributed by atoms with Crippen LogP contribution in [-0.4, -0.2) is 29.5 Å². The maximum Gasteiger partial charge on any atom is 0.160 e. The molecule has 132 valence electrons. The molecule has 0 radical (unpaired) electrons. The minimum Gasteiger partial charge on any atom is -0.335 e. The first-order valence-electron chi connectivity index (χ1n) is 8.90. The minimum atomic E-state index is 0.320. The van der Waals surface area contributed by atoms with Crippen molar-refractivity contribution in [3.8, 4) is 0 Å². The van der Waals surface area contributed by atoms with Crippen molar-refractivity contribution in [2.75, 3.05) is 5.32 Å². The van der Waals surface area contributed by atoms with Crippen LogP contribution < -0.4 is 5.32 Å². The van der Waals surface area contributed by atoms with Gasteiger partial charge < -0.3 is 5.32 Å². The van der Waals surface area contributed by atoms with Crippen molar-refractivity contribution in [3.05, 3.63) is 22.9 Å². The van der Waals surface area contributed by atoms with Gasteiger partial charge in [0.25, 0.3) is 0 Å². The van der Waals surface area contributed by atoms with Crippen LogP contribution in [0, 0.1) is 20.8 Å². The summed E-state index contributed by atoms with van der Waals surface area (Å²) >= 11 is 0. The number of aromatic nitrogens is 6. The van der Waals surface area contributed by atoms with Crippen LogP contribution in [0.5, 0.6) is 0 Å². The van der Waals surface area contributed by atoms with Crippen molar-refractivity contribution < 1.29 is 0 Å². The lowest BCUT2D eigenvalue weighted by molar-refractivity contribution is 0.516. The number of hydrogen-bond acceptors (Lipinski definition) is 5. The van der Waals surface area contributed by atoms with Crippen LogP contribution in [0.1, 0.15) is 61.6 Å². The fourth-order valence-corrected chi connectivity index (χ4v) is 3.43. The SMILES string of the molecule is Cc1nn(C(C)C)c(C)c1Nc1nc(C2CC2)nc2c(C)nn(C)c12. The van der Waals surface area contributed by atoms with E-state index in [1.807, 2.05) is 30.3 Å². The van der Waals surface area contributed by atoms with Crippen LogP contribution in [0.25, 0.3) is 11.0 Å². The zero-order chi connectivity index (χ0) is 17.9. The third kappa shape index (κ3) is 2.58. The molecule has 0 aliphatic heterocycles. The van der Waals surface area contributed by atoms with Crippen LogP contribution in [0.4, 0.5) is 11.5 Å². The highest BCUT2D eigenvalue weighted by Crippen LogP contribution is 2.40. The Balaban J connectivity index is 1.87. The third-order valence-electron chi connectivity index (χ3n) is 4.87. The molecule has 1 N–H and O–H groups in total. The first-order valence-corrected chi connectivity index (χ1v) is 8.90. The number of fused-ring (bicyclic) bond motifs is 1. The number of aryl methyl sites for hydroxylation is 3. The van der Waals surface area contributed by atoms with Gasteiger partial charge in [0.2, 0.25) is 0 Å². The van der Waals surface area contributed by atoms with Crippen LogP contribution in [0.3, 0.4) is 0 Å². The van der Waals surface area contributed by atoms with Crippen LogP contribution in [0.2, 0.25) is 0 Å². The second-order valence-corrected chi connectivity index (χ2v) is 7.32. The average Bonchev–Trinajstić information content (AvgIpc) is 3.31. The highest BCUT2D eigenvalue weighted by Gasteiger charge is 2.29. The van der Waals surface area contributed by atoms with Gasteiger partial charge in [0.1, 0.15) is 16.9 Å². The van der Waals surface area contributed by atoms with Crippen molar-refractivity contribution in [2.45, 2.75) is 59.4 Å². The summed E-state index contributed by atoms with van der Waals surface area (Å²) in [6, 6.07) is 0.320. The van der Waals surface area contributed by atoms with Gasteiger partial charge in [0.05, 0.1) is 22.8 Å². The fraction of sp³-hybridized carbons (Fsp3) is 0.556. The molecule has 1 aliphatic carbocycles. The Morgan fingerprint density at radius 3 is 2.36 bits per heavy atom. The van der Waals surface area contributed by atoms with Crippen molar-refractivity contribution >= 4 is 22.5 Å². The van der Waals surface area contributed by atoms with E-state index in [0.717, 1.165) is 45.4 Å². The van der Waals surface area contributed by atoms with E-state index in [0.29, 0.717) is 12.0 Å². The molecule has 0 spiro atoms. The van der Waals surface area contributed by atoms with Gasteiger partial charge in [0, 0.05) is 19.0 Å². The molecule has 3 heterocycles. The molecule has 0 aromatic carbocycles. The molecular weight excluding hydrogens is 314 g/mol. The van der Waals surface area contributed by atoms with Crippen molar-refractivity contribution in [1.82, 2.24) is 29.5 Å². The predicted molar refractivity (Wildman–Crippen MR) is 98.4 cm³/mol. The van der Waals surface area contributed by atoms with Gasteiger partial charge in [-0.1, -0.05) is 0 Å². The van der Waals surface area contributed by atoms with E-state index in [1.165, 1.54) is 12.8 Å². The van der Waals surface area contributed by atoms with Crippen LogP contribution in [0.15, 0.2) is 0 Å². The predicted octanol–water partition coefficient (Wildman–Crippen LogP) is 3.69. The van der Waals surface area contributed by atoms with Crippen molar-refractivity contribution in [1.29, 1.82) is 0 Å². The van der Waals surface area contributed by atoms with Crippen LogP contribution in [-0.2, 0) is 7.05 Å². The Morgan fingerprint density at radius 2 is 1.76 bits per heavy atom. The Bertz CT molecular complexity index is 960. The second kappa shape index (κ2) is 5.54. The Hall–Kier alpha value is -2.44. The normalized spacial score (nSPS) is 14.7. The molecule has 0 saturated heterocycles. The van der Waals surface area contributed by atoms with Gasteiger partial charge in [-0.15, -0.1) is 0 Å². The maximum absolute atomic E-state index is 4.85. The molecule has 1 aliphatic rings. The summed E-state index contributed by atoms with van der Waals surface area (Å²) in [6.45, 7) is 10.4. The fourth-order valence-electron chi connectivity index (χ4n) is 3.43. The molecule has 3 aromatic heterocycles. The number of hydrogen-bond donors (Lipinski definition) is 1. The summed E-state index contributed by atoms with van der Waals surface area (Å²) in [5.74, 6) is 2.24. The molecule has 0 unspecified atom stereocenters. The molecular formula is C18H25N7. The van der Waals surface area contributed by atoms with Gasteiger partial charge in [0.15, 0.2) is 5.82 Å². The summed E-state index contributed by atoms with van der Waals surface area (Å²) in [7, 11) is 1.94. The van der Waals surface area contributed by atoms with E-state index in [-0.39, 0.29) is 0 Å². The molecule has 0 amide bonds. The van der Waals surface area contributed by atoms with E-state index < -0.39 is 0 Å². The van der Waals surface area contributed by atoms with E-state index in [4.69, 9.17) is 9.97 Å². The molecule has 3 aromatic rings. The van der Waals surface area contributed by atoms with E-state index in [1.54, 1.807) is 0 Å². The monoisotopic (exact) mass is 339 g/mol. The standard InChI is InChI=1S/C18H25N7/c1-9(2)25-12(5)14(10(3)23-25)19-18-16-15(11(4)22-24(16)6)20-17(21-18)13-7-8-13/h9,13H,7-8H2,1-6H3,(H,19,20,21). The summed E-state index contributed by atoms with van der Waals surface area (Å²) < 4.78 is 3.91. The average molecular weight is 339 g/mol. The third-order valence-corrected chi connectivity index (χ3v) is 4.87. The highest BCUT2D eigenvalue weighted by atomic mass is 15.3. The molecule has 0 atom stereocenters. The van der Waals surface area contributed by atoms with E-state index in [2.05, 4.69) is 36.3 Å². The topological polar surface area (TPSA) is 73.5 Å². The van der Waals surface area contributed by atoms with Gasteiger partial charge in [-0.25, -0.2) is 9.97 Å². The first-order chi connectivity index (χ1) is 11.9. The highest BCUT2D eigenvalue weighted by molar-refractivity contribution is 5.89. The van der Waals surface area contributed by atoms with Crippen molar-refractivity contribution in [3.63, 3.8) is 0 Å². The maximum atomic E-state index is 4.85. The first kappa shape index (κ1) is 16.1. The largest absolute Gasteiger partial charge is 0.335 e. The Labute approximate surface area is 147 Å². The lowest BCUT2D eigenvalue weighted by Crippen LogP contribution is -2.06. The van der Waals surface area contributed by atoms with E-state index in [9.17, 15) is 0 Å². The molecule has 7 nitrogen and oxygen atoms in total. The van der Waals surface area contributed by atoms with Gasteiger partial charge in [-0.2, -0.15) is 10.2 Å². The Morgan fingerprint density at radius 1 is 1.04 bits per heavy atom. The summed E-state index contributed by atoms with van der Waals surface area (Å²) in [6.07, 6.45) is 2.35. The summed E-state index contributed by atoms with van der Waals surface area (Å²) in [4.78, 5) is 9.63. The Kier molecular flexibility index (Phi) is 3.56. The number of nitrogens with zero attached hydrogens (tertiary/aromatic N) is 6. The summed E-state index contributed by atoms with van der Waals surface area (Å²) in [5.41, 5.74) is 5.94. The molecule has 1 saturated carbocycles. The quantitative estimate of drug-likeness (QED) is 0.785. The lowest BCUT2D eigenvalue weighted by atomic mass is 10.2. The van der Waals surface area contributed by atoms with E-state index >= 15 is 0 Å². The van der Waals surface area contributed by atoms with Crippen LogP contribution >= 0.6 is 0 Å². The molecule has 4 rings (SSSR count). The van der Waals surface area contributed by atoms with Gasteiger partial charge in [-0.05, 0) is 47.5 Å². The minimum absolute atomic E-state index is 0.320. The molecule has 1 fully saturated rings. The zero-order valence-electron chi connectivity index (χ0n) is 15.8. The molecule has 0 bridgehead atoms.